The number of benzene rings is 3. The van der Waals surface area contributed by atoms with Crippen LogP contribution in [0.1, 0.15) is 18.9 Å². The Morgan fingerprint density at radius 1 is 0.919 bits per heavy atom. The summed E-state index contributed by atoms with van der Waals surface area (Å²) in [5.41, 5.74) is 0.810. The number of anilines is 1. The Labute approximate surface area is 232 Å². The summed E-state index contributed by atoms with van der Waals surface area (Å²) < 4.78 is 28.4. The Kier molecular flexibility index (Phi) is 9.84. The molecule has 3 rings (SSSR count). The lowest BCUT2D eigenvalue weighted by atomic mass is 10.1. The first-order chi connectivity index (χ1) is 17.6. The SMILES string of the molecule is CC[C@H](C(=O)NC)N(Cc1ccc(Cl)cc1)C(=O)CN(c1ccc(Cl)cc1Cl)S(=O)(=O)c1ccccc1. The largest absolute Gasteiger partial charge is 0.357 e. The number of halogens is 3. The summed E-state index contributed by atoms with van der Waals surface area (Å²) in [7, 11) is -2.73. The van der Waals surface area contributed by atoms with E-state index in [1.807, 2.05) is 0 Å². The van der Waals surface area contributed by atoms with E-state index in [0.717, 1.165) is 9.87 Å². The third kappa shape index (κ3) is 6.96. The van der Waals surface area contributed by atoms with E-state index < -0.39 is 28.5 Å². The maximum Gasteiger partial charge on any atom is 0.264 e. The molecule has 0 bridgehead atoms. The van der Waals surface area contributed by atoms with E-state index in [4.69, 9.17) is 34.8 Å². The van der Waals surface area contributed by atoms with Gasteiger partial charge in [-0.3, -0.25) is 13.9 Å². The fraction of sp³-hybridized carbons (Fsp3) is 0.231. The van der Waals surface area contributed by atoms with Crippen molar-refractivity contribution in [3.63, 3.8) is 0 Å². The predicted octanol–water partition coefficient (Wildman–Crippen LogP) is 5.40. The lowest BCUT2D eigenvalue weighted by Gasteiger charge is -2.33. The number of carbonyl (C=O) groups is 2. The van der Waals surface area contributed by atoms with Gasteiger partial charge in [0.2, 0.25) is 11.8 Å². The van der Waals surface area contributed by atoms with Gasteiger partial charge in [0.25, 0.3) is 10.0 Å². The van der Waals surface area contributed by atoms with E-state index in [-0.39, 0.29) is 28.1 Å². The van der Waals surface area contributed by atoms with Gasteiger partial charge in [-0.15, -0.1) is 0 Å². The number of rotatable bonds is 10. The van der Waals surface area contributed by atoms with Crippen molar-refractivity contribution in [3.05, 3.63) is 93.4 Å². The molecule has 0 heterocycles. The molecule has 7 nitrogen and oxygen atoms in total. The van der Waals surface area contributed by atoms with Crippen LogP contribution < -0.4 is 9.62 Å². The Morgan fingerprint density at radius 3 is 2.11 bits per heavy atom. The molecular weight excluding hydrogens is 557 g/mol. The lowest BCUT2D eigenvalue weighted by Crippen LogP contribution is -2.51. The van der Waals surface area contributed by atoms with E-state index >= 15 is 0 Å². The second kappa shape index (κ2) is 12.6. The van der Waals surface area contributed by atoms with Crippen LogP contribution in [0.4, 0.5) is 5.69 Å². The standard InChI is InChI=1S/C26H26Cl3N3O4S/c1-3-23(26(34)30-2)31(16-18-9-11-19(27)12-10-18)25(33)17-32(24-14-13-20(28)15-22(24)29)37(35,36)21-7-5-4-6-8-21/h4-15,23H,3,16-17H2,1-2H3,(H,30,34)/t23-/m1/s1. The average Bonchev–Trinajstić information content (AvgIpc) is 2.88. The van der Waals surface area contributed by atoms with Gasteiger partial charge in [-0.05, 0) is 54.4 Å². The normalized spacial score (nSPS) is 12.0. The Bertz CT molecular complexity index is 1350. The van der Waals surface area contributed by atoms with Crippen LogP contribution >= 0.6 is 34.8 Å². The zero-order valence-corrected chi connectivity index (χ0v) is 23.3. The molecule has 196 valence electrons. The molecule has 3 aromatic rings. The molecule has 0 aliphatic rings. The molecule has 0 saturated heterocycles. The minimum atomic E-state index is -4.21. The van der Waals surface area contributed by atoms with E-state index in [9.17, 15) is 18.0 Å². The Balaban J connectivity index is 2.08. The van der Waals surface area contributed by atoms with Crippen molar-refractivity contribution < 1.29 is 18.0 Å². The van der Waals surface area contributed by atoms with Crippen molar-refractivity contribution in [2.24, 2.45) is 0 Å². The molecule has 0 aliphatic carbocycles. The number of carbonyl (C=O) groups excluding carboxylic acids is 2. The van der Waals surface area contributed by atoms with Crippen LogP contribution in [0.2, 0.25) is 15.1 Å². The number of nitrogens with zero attached hydrogens (tertiary/aromatic N) is 2. The van der Waals surface area contributed by atoms with Gasteiger partial charge in [0.1, 0.15) is 12.6 Å². The number of nitrogens with one attached hydrogen (secondary N) is 1. The monoisotopic (exact) mass is 581 g/mol. The maximum absolute atomic E-state index is 13.8. The molecule has 0 fully saturated rings. The smallest absolute Gasteiger partial charge is 0.264 e. The summed E-state index contributed by atoms with van der Waals surface area (Å²) in [5, 5.41) is 3.48. The molecule has 11 heteroatoms. The Hall–Kier alpha value is -2.78. The van der Waals surface area contributed by atoms with Crippen LogP contribution in [0.3, 0.4) is 0 Å². The quantitative estimate of drug-likeness (QED) is 0.347. The molecule has 0 spiro atoms. The van der Waals surface area contributed by atoms with Gasteiger partial charge >= 0.3 is 0 Å². The molecule has 0 radical (unpaired) electrons. The first-order valence-corrected chi connectivity index (χ1v) is 13.9. The summed E-state index contributed by atoms with van der Waals surface area (Å²) in [4.78, 5) is 27.9. The third-order valence-electron chi connectivity index (χ3n) is 5.69. The van der Waals surface area contributed by atoms with Gasteiger partial charge in [-0.1, -0.05) is 72.1 Å². The molecular formula is C26H26Cl3N3O4S. The summed E-state index contributed by atoms with van der Waals surface area (Å²) in [5.74, 6) is -0.956. The highest BCUT2D eigenvalue weighted by atomic mass is 35.5. The van der Waals surface area contributed by atoms with Gasteiger partial charge < -0.3 is 10.2 Å². The molecule has 0 aliphatic heterocycles. The van der Waals surface area contributed by atoms with Crippen LogP contribution in [0.5, 0.6) is 0 Å². The van der Waals surface area contributed by atoms with E-state index in [1.165, 1.54) is 42.3 Å². The molecule has 0 saturated carbocycles. The van der Waals surface area contributed by atoms with E-state index in [0.29, 0.717) is 16.5 Å². The first-order valence-electron chi connectivity index (χ1n) is 11.4. The topological polar surface area (TPSA) is 86.8 Å². The highest BCUT2D eigenvalue weighted by Crippen LogP contribution is 2.33. The fourth-order valence-electron chi connectivity index (χ4n) is 3.79. The highest BCUT2D eigenvalue weighted by molar-refractivity contribution is 7.92. The minimum Gasteiger partial charge on any atom is -0.357 e. The molecule has 0 unspecified atom stereocenters. The summed E-state index contributed by atoms with van der Waals surface area (Å²) in [6, 6.07) is 18.1. The van der Waals surface area contributed by atoms with Gasteiger partial charge in [0, 0.05) is 23.6 Å². The van der Waals surface area contributed by atoms with Crippen LogP contribution in [0, 0.1) is 0 Å². The van der Waals surface area contributed by atoms with Crippen molar-refractivity contribution in [2.75, 3.05) is 17.9 Å². The highest BCUT2D eigenvalue weighted by Gasteiger charge is 2.34. The van der Waals surface area contributed by atoms with Gasteiger partial charge in [0.15, 0.2) is 0 Å². The number of hydrogen-bond acceptors (Lipinski definition) is 4. The number of likely N-dealkylation sites (N-methyl/N-ethyl adjacent to an activating group) is 1. The third-order valence-corrected chi connectivity index (χ3v) is 8.25. The number of hydrogen-bond donors (Lipinski definition) is 1. The predicted molar refractivity (Wildman–Crippen MR) is 148 cm³/mol. The summed E-state index contributed by atoms with van der Waals surface area (Å²) in [6.07, 6.45) is 0.312. The minimum absolute atomic E-state index is 0.0172. The van der Waals surface area contributed by atoms with Gasteiger partial charge in [-0.2, -0.15) is 0 Å². The molecule has 37 heavy (non-hydrogen) atoms. The molecule has 0 aromatic heterocycles. The average molecular weight is 583 g/mol. The lowest BCUT2D eigenvalue weighted by molar-refractivity contribution is -0.140. The number of amides is 2. The Morgan fingerprint density at radius 2 is 1.54 bits per heavy atom. The van der Waals surface area contributed by atoms with Crippen LogP contribution in [-0.2, 0) is 26.2 Å². The van der Waals surface area contributed by atoms with Crippen LogP contribution in [-0.4, -0.2) is 44.8 Å². The zero-order chi connectivity index (χ0) is 27.2. The van der Waals surface area contributed by atoms with E-state index in [1.54, 1.807) is 49.4 Å². The first kappa shape index (κ1) is 28.8. The van der Waals surface area contributed by atoms with Crippen LogP contribution in [0.25, 0.3) is 0 Å². The molecule has 3 aromatic carbocycles. The second-order valence-electron chi connectivity index (χ2n) is 8.11. The zero-order valence-electron chi connectivity index (χ0n) is 20.2. The van der Waals surface area contributed by atoms with Gasteiger partial charge in [0.05, 0.1) is 15.6 Å². The number of sulfonamides is 1. The molecule has 1 N–H and O–H groups in total. The molecule has 2 amide bonds. The fourth-order valence-corrected chi connectivity index (χ4v) is 5.93. The van der Waals surface area contributed by atoms with Crippen molar-refractivity contribution >= 4 is 62.3 Å². The van der Waals surface area contributed by atoms with Gasteiger partial charge in [-0.25, -0.2) is 8.42 Å². The summed E-state index contributed by atoms with van der Waals surface area (Å²) in [6.45, 7) is 1.24. The van der Waals surface area contributed by atoms with Crippen molar-refractivity contribution in [3.8, 4) is 0 Å². The molecule has 1 atom stereocenters. The van der Waals surface area contributed by atoms with Crippen molar-refractivity contribution in [1.82, 2.24) is 10.2 Å². The maximum atomic E-state index is 13.8. The van der Waals surface area contributed by atoms with E-state index in [2.05, 4.69) is 5.32 Å². The van der Waals surface area contributed by atoms with Crippen molar-refractivity contribution in [1.29, 1.82) is 0 Å². The second-order valence-corrected chi connectivity index (χ2v) is 11.2. The summed E-state index contributed by atoms with van der Waals surface area (Å²) >= 11 is 18.4. The van der Waals surface area contributed by atoms with Crippen molar-refractivity contribution in [2.45, 2.75) is 30.8 Å². The van der Waals surface area contributed by atoms with Crippen LogP contribution in [0.15, 0.2) is 77.7 Å².